The van der Waals surface area contributed by atoms with Crippen molar-refractivity contribution in [2.24, 2.45) is 5.92 Å². The minimum Gasteiger partial charge on any atom is -0.394 e. The first-order valence-corrected chi connectivity index (χ1v) is 6.95. The molecule has 18 heavy (non-hydrogen) atoms. The Balaban J connectivity index is 2.15. The van der Waals surface area contributed by atoms with Gasteiger partial charge < -0.3 is 15.7 Å². The van der Waals surface area contributed by atoms with E-state index in [0.29, 0.717) is 12.5 Å². The van der Waals surface area contributed by atoms with Crippen LogP contribution in [0.15, 0.2) is 11.6 Å². The number of urea groups is 1. The van der Waals surface area contributed by atoms with Crippen molar-refractivity contribution in [3.63, 3.8) is 0 Å². The van der Waals surface area contributed by atoms with Crippen LogP contribution in [-0.4, -0.2) is 30.3 Å². The lowest BCUT2D eigenvalue weighted by molar-refractivity contribution is 0.207. The van der Waals surface area contributed by atoms with Crippen LogP contribution in [0.2, 0.25) is 0 Å². The number of aliphatic hydroxyl groups excluding tert-OH is 1. The summed E-state index contributed by atoms with van der Waals surface area (Å²) in [6, 6.07) is -0.316. The number of carbonyl (C=O) groups excluding carboxylic acids is 1. The summed E-state index contributed by atoms with van der Waals surface area (Å²) in [7, 11) is 0. The van der Waals surface area contributed by atoms with E-state index in [1.807, 2.05) is 0 Å². The fourth-order valence-corrected chi connectivity index (χ4v) is 2.29. The van der Waals surface area contributed by atoms with Gasteiger partial charge in [0.25, 0.3) is 0 Å². The second-order valence-corrected chi connectivity index (χ2v) is 5.41. The molecule has 0 aromatic heterocycles. The van der Waals surface area contributed by atoms with Crippen molar-refractivity contribution in [3.8, 4) is 0 Å². The van der Waals surface area contributed by atoms with Gasteiger partial charge in [0.15, 0.2) is 0 Å². The van der Waals surface area contributed by atoms with Gasteiger partial charge in [0.1, 0.15) is 0 Å². The van der Waals surface area contributed by atoms with E-state index in [1.54, 1.807) is 0 Å². The lowest BCUT2D eigenvalue weighted by atomic mass is 10.0. The van der Waals surface area contributed by atoms with Crippen molar-refractivity contribution >= 4 is 6.03 Å². The maximum atomic E-state index is 11.6. The summed E-state index contributed by atoms with van der Waals surface area (Å²) >= 11 is 0. The van der Waals surface area contributed by atoms with Gasteiger partial charge in [0, 0.05) is 6.54 Å². The highest BCUT2D eigenvalue weighted by Gasteiger charge is 2.12. The molecule has 4 heteroatoms. The Labute approximate surface area is 110 Å². The van der Waals surface area contributed by atoms with E-state index in [4.69, 9.17) is 0 Å². The highest BCUT2D eigenvalue weighted by molar-refractivity contribution is 5.74. The molecule has 0 saturated carbocycles. The zero-order chi connectivity index (χ0) is 13.4. The lowest BCUT2D eigenvalue weighted by Gasteiger charge is -2.18. The predicted octanol–water partition coefficient (Wildman–Crippen LogP) is 2.19. The van der Waals surface area contributed by atoms with E-state index in [-0.39, 0.29) is 18.7 Å². The number of hydrogen-bond donors (Lipinski definition) is 3. The van der Waals surface area contributed by atoms with Crippen molar-refractivity contribution in [1.29, 1.82) is 0 Å². The molecule has 0 aromatic rings. The number of nitrogens with one attached hydrogen (secondary N) is 2. The topological polar surface area (TPSA) is 61.4 Å². The number of hydrogen-bond acceptors (Lipinski definition) is 2. The van der Waals surface area contributed by atoms with E-state index >= 15 is 0 Å². The molecule has 4 nitrogen and oxygen atoms in total. The van der Waals surface area contributed by atoms with E-state index in [2.05, 4.69) is 30.6 Å². The maximum Gasteiger partial charge on any atom is 0.315 e. The zero-order valence-corrected chi connectivity index (χ0v) is 11.5. The normalized spacial score (nSPS) is 16.6. The van der Waals surface area contributed by atoms with Crippen LogP contribution in [0.5, 0.6) is 0 Å². The number of amides is 2. The van der Waals surface area contributed by atoms with Crippen LogP contribution in [0, 0.1) is 5.92 Å². The molecule has 1 rings (SSSR count). The van der Waals surface area contributed by atoms with Gasteiger partial charge in [-0.15, -0.1) is 0 Å². The molecular weight excluding hydrogens is 228 g/mol. The van der Waals surface area contributed by atoms with Gasteiger partial charge in [-0.05, 0) is 38.0 Å². The molecule has 2 amide bonds. The van der Waals surface area contributed by atoms with Gasteiger partial charge in [-0.3, -0.25) is 0 Å². The zero-order valence-electron chi connectivity index (χ0n) is 11.5. The number of rotatable bonds is 7. The summed E-state index contributed by atoms with van der Waals surface area (Å²) in [5.41, 5.74) is 1.45. The van der Waals surface area contributed by atoms with E-state index in [0.717, 1.165) is 12.8 Å². The first-order valence-electron chi connectivity index (χ1n) is 6.95. The molecule has 0 heterocycles. The molecule has 0 aromatic carbocycles. The summed E-state index contributed by atoms with van der Waals surface area (Å²) in [5.74, 6) is 0.464. The maximum absolute atomic E-state index is 11.6. The Morgan fingerprint density at radius 2 is 2.28 bits per heavy atom. The molecule has 0 bridgehead atoms. The van der Waals surface area contributed by atoms with Crippen LogP contribution < -0.4 is 10.6 Å². The Morgan fingerprint density at radius 1 is 1.50 bits per heavy atom. The third-order valence-corrected chi connectivity index (χ3v) is 3.18. The number of allylic oxidation sites excluding steroid dienone is 1. The Kier molecular flexibility index (Phi) is 6.80. The summed E-state index contributed by atoms with van der Waals surface area (Å²) in [4.78, 5) is 11.6. The number of carbonyl (C=O) groups is 1. The van der Waals surface area contributed by atoms with Crippen molar-refractivity contribution in [2.45, 2.75) is 52.0 Å². The molecule has 3 N–H and O–H groups in total. The minimum absolute atomic E-state index is 0.00322. The molecule has 0 spiro atoms. The van der Waals surface area contributed by atoms with Crippen molar-refractivity contribution in [1.82, 2.24) is 10.6 Å². The van der Waals surface area contributed by atoms with Gasteiger partial charge in [-0.2, -0.15) is 0 Å². The fourth-order valence-electron chi connectivity index (χ4n) is 2.29. The van der Waals surface area contributed by atoms with Gasteiger partial charge in [-0.25, -0.2) is 4.79 Å². The van der Waals surface area contributed by atoms with Crippen LogP contribution in [0.3, 0.4) is 0 Å². The first-order chi connectivity index (χ1) is 8.61. The smallest absolute Gasteiger partial charge is 0.315 e. The van der Waals surface area contributed by atoms with Gasteiger partial charge >= 0.3 is 6.03 Å². The molecule has 0 aliphatic heterocycles. The summed E-state index contributed by atoms with van der Waals surface area (Å²) in [5, 5.41) is 14.8. The molecule has 1 atom stereocenters. The first kappa shape index (κ1) is 15.0. The predicted molar refractivity (Wildman–Crippen MR) is 73.4 cm³/mol. The van der Waals surface area contributed by atoms with Crippen molar-refractivity contribution < 1.29 is 9.90 Å². The molecule has 0 saturated heterocycles. The van der Waals surface area contributed by atoms with Gasteiger partial charge in [0.2, 0.25) is 0 Å². The molecule has 1 aliphatic carbocycles. The fraction of sp³-hybridized carbons (Fsp3) is 0.786. The van der Waals surface area contributed by atoms with Crippen molar-refractivity contribution in [3.05, 3.63) is 11.6 Å². The second kappa shape index (κ2) is 8.14. The SMILES string of the molecule is CC(C)CC(CO)NC(=O)NCCC1=CCCC1. The standard InChI is InChI=1S/C14H26N2O2/c1-11(2)9-13(10-17)16-14(18)15-8-7-12-5-3-4-6-12/h5,11,13,17H,3-4,6-10H2,1-2H3,(H2,15,16,18). The molecule has 0 fully saturated rings. The number of aliphatic hydroxyl groups is 1. The highest BCUT2D eigenvalue weighted by Crippen LogP contribution is 2.19. The monoisotopic (exact) mass is 254 g/mol. The molecule has 104 valence electrons. The average Bonchev–Trinajstić information content (AvgIpc) is 2.80. The third kappa shape index (κ3) is 6.05. The summed E-state index contributed by atoms with van der Waals surface area (Å²) in [6.07, 6.45) is 7.63. The lowest BCUT2D eigenvalue weighted by Crippen LogP contribution is -2.44. The summed E-state index contributed by atoms with van der Waals surface area (Å²) in [6.45, 7) is 4.83. The molecule has 1 aliphatic rings. The second-order valence-electron chi connectivity index (χ2n) is 5.41. The van der Waals surface area contributed by atoms with Crippen LogP contribution in [0.4, 0.5) is 4.79 Å². The van der Waals surface area contributed by atoms with Gasteiger partial charge in [0.05, 0.1) is 12.6 Å². The van der Waals surface area contributed by atoms with Crippen LogP contribution in [0.1, 0.15) is 46.0 Å². The molecule has 1 unspecified atom stereocenters. The summed E-state index contributed by atoms with van der Waals surface area (Å²) < 4.78 is 0. The van der Waals surface area contributed by atoms with Crippen LogP contribution in [-0.2, 0) is 0 Å². The van der Waals surface area contributed by atoms with Crippen LogP contribution >= 0.6 is 0 Å². The highest BCUT2D eigenvalue weighted by atomic mass is 16.3. The third-order valence-electron chi connectivity index (χ3n) is 3.18. The average molecular weight is 254 g/mol. The quantitative estimate of drug-likeness (QED) is 0.610. The largest absolute Gasteiger partial charge is 0.394 e. The van der Waals surface area contributed by atoms with E-state index in [1.165, 1.54) is 24.8 Å². The van der Waals surface area contributed by atoms with Gasteiger partial charge in [-0.1, -0.05) is 25.5 Å². The molecule has 0 radical (unpaired) electrons. The Morgan fingerprint density at radius 3 is 2.83 bits per heavy atom. The van der Waals surface area contributed by atoms with E-state index < -0.39 is 0 Å². The Bertz CT molecular complexity index is 288. The van der Waals surface area contributed by atoms with Crippen LogP contribution in [0.25, 0.3) is 0 Å². The molecular formula is C14H26N2O2. The van der Waals surface area contributed by atoms with Crippen molar-refractivity contribution in [2.75, 3.05) is 13.2 Å². The Hall–Kier alpha value is -1.03. The minimum atomic E-state index is -0.173. The van der Waals surface area contributed by atoms with E-state index in [9.17, 15) is 9.90 Å².